The molecule has 0 aliphatic rings. The van der Waals surface area contributed by atoms with Crippen LogP contribution in [0.3, 0.4) is 0 Å². The van der Waals surface area contributed by atoms with Gasteiger partial charge in [0.1, 0.15) is 0 Å². The standard InChI is InChI=1S/C12H14Br2N6O/c1-2-5-21-12-18-10(17-11(19-12)20-15)16-9-4-3-7(13)6-8(9)14/h3-4,6H,2,5,15H2,1H3,(H2,16,17,18,19,20). The second-order valence-electron chi connectivity index (χ2n) is 4.01. The van der Waals surface area contributed by atoms with E-state index < -0.39 is 0 Å². The van der Waals surface area contributed by atoms with Crippen molar-refractivity contribution in [2.24, 2.45) is 5.84 Å². The Morgan fingerprint density at radius 2 is 1.95 bits per heavy atom. The highest BCUT2D eigenvalue weighted by Gasteiger charge is 2.09. The fourth-order valence-electron chi connectivity index (χ4n) is 1.45. The minimum absolute atomic E-state index is 0.218. The van der Waals surface area contributed by atoms with E-state index in [0.29, 0.717) is 12.6 Å². The van der Waals surface area contributed by atoms with Crippen molar-refractivity contribution >= 4 is 49.4 Å². The maximum atomic E-state index is 5.41. The van der Waals surface area contributed by atoms with Crippen molar-refractivity contribution in [1.29, 1.82) is 0 Å². The molecule has 7 nitrogen and oxygen atoms in total. The molecular weight excluding hydrogens is 404 g/mol. The summed E-state index contributed by atoms with van der Waals surface area (Å²) in [5.74, 6) is 5.93. The van der Waals surface area contributed by atoms with Gasteiger partial charge in [0, 0.05) is 8.95 Å². The molecule has 0 unspecified atom stereocenters. The summed E-state index contributed by atoms with van der Waals surface area (Å²) in [7, 11) is 0. The fourth-order valence-corrected chi connectivity index (χ4v) is 2.59. The topological polar surface area (TPSA) is 98.0 Å². The first kappa shape index (κ1) is 15.9. The zero-order valence-electron chi connectivity index (χ0n) is 11.2. The monoisotopic (exact) mass is 416 g/mol. The number of aromatic nitrogens is 3. The second kappa shape index (κ2) is 7.53. The first-order chi connectivity index (χ1) is 10.1. The molecule has 0 saturated carbocycles. The van der Waals surface area contributed by atoms with Crippen LogP contribution in [0, 0.1) is 0 Å². The number of benzene rings is 1. The summed E-state index contributed by atoms with van der Waals surface area (Å²) in [6.45, 7) is 2.52. The Hall–Kier alpha value is -1.45. The third-order valence-corrected chi connectivity index (χ3v) is 3.51. The van der Waals surface area contributed by atoms with Crippen molar-refractivity contribution in [2.75, 3.05) is 17.3 Å². The van der Waals surface area contributed by atoms with E-state index in [-0.39, 0.29) is 12.0 Å². The molecule has 0 radical (unpaired) electrons. The molecular formula is C12H14Br2N6O. The number of nitrogens with two attached hydrogens (primary N) is 1. The predicted molar refractivity (Wildman–Crippen MR) is 88.5 cm³/mol. The van der Waals surface area contributed by atoms with Gasteiger partial charge in [-0.3, -0.25) is 5.43 Å². The van der Waals surface area contributed by atoms with Gasteiger partial charge in [-0.25, -0.2) is 5.84 Å². The number of nitrogens with zero attached hydrogens (tertiary/aromatic N) is 3. The van der Waals surface area contributed by atoms with Crippen molar-refractivity contribution in [3.63, 3.8) is 0 Å². The van der Waals surface area contributed by atoms with E-state index in [1.807, 2.05) is 25.1 Å². The third-order valence-electron chi connectivity index (χ3n) is 2.36. The number of rotatable bonds is 6. The molecule has 112 valence electrons. The zero-order chi connectivity index (χ0) is 15.2. The number of nitrogens with one attached hydrogen (secondary N) is 2. The lowest BCUT2D eigenvalue weighted by Gasteiger charge is -2.10. The molecule has 1 aromatic carbocycles. The molecule has 2 rings (SSSR count). The molecule has 21 heavy (non-hydrogen) atoms. The zero-order valence-corrected chi connectivity index (χ0v) is 14.4. The average Bonchev–Trinajstić information content (AvgIpc) is 2.48. The van der Waals surface area contributed by atoms with Crippen molar-refractivity contribution in [3.05, 3.63) is 27.1 Å². The number of hydrogen-bond acceptors (Lipinski definition) is 7. The predicted octanol–water partition coefficient (Wildman–Crippen LogP) is 3.21. The van der Waals surface area contributed by atoms with Crippen LogP contribution in [0.4, 0.5) is 17.6 Å². The van der Waals surface area contributed by atoms with Crippen LogP contribution in [-0.2, 0) is 0 Å². The maximum Gasteiger partial charge on any atom is 0.323 e. The molecule has 0 aliphatic carbocycles. The third kappa shape index (κ3) is 4.51. The lowest BCUT2D eigenvalue weighted by molar-refractivity contribution is 0.292. The molecule has 0 spiro atoms. The average molecular weight is 418 g/mol. The van der Waals surface area contributed by atoms with Crippen LogP contribution < -0.4 is 21.3 Å². The van der Waals surface area contributed by atoms with Gasteiger partial charge in [-0.15, -0.1) is 0 Å². The van der Waals surface area contributed by atoms with Gasteiger partial charge < -0.3 is 10.1 Å². The van der Waals surface area contributed by atoms with Crippen molar-refractivity contribution < 1.29 is 4.74 Å². The highest BCUT2D eigenvalue weighted by molar-refractivity contribution is 9.11. The number of hydrogen-bond donors (Lipinski definition) is 3. The van der Waals surface area contributed by atoms with E-state index in [0.717, 1.165) is 21.1 Å². The SMILES string of the molecule is CCCOc1nc(NN)nc(Nc2ccc(Br)cc2Br)n1. The van der Waals surface area contributed by atoms with Gasteiger partial charge in [-0.1, -0.05) is 22.9 Å². The van der Waals surface area contributed by atoms with Gasteiger partial charge in [-0.2, -0.15) is 15.0 Å². The number of ether oxygens (including phenoxy) is 1. The van der Waals surface area contributed by atoms with Gasteiger partial charge in [0.05, 0.1) is 12.3 Å². The van der Waals surface area contributed by atoms with Gasteiger partial charge in [0.15, 0.2) is 0 Å². The lowest BCUT2D eigenvalue weighted by Crippen LogP contribution is -2.14. The molecule has 2 aromatic rings. The normalized spacial score (nSPS) is 10.3. The Bertz CT molecular complexity index is 625. The molecule has 0 bridgehead atoms. The molecule has 1 heterocycles. The van der Waals surface area contributed by atoms with Crippen molar-refractivity contribution in [3.8, 4) is 6.01 Å². The minimum atomic E-state index is 0.218. The van der Waals surface area contributed by atoms with Crippen LogP contribution in [0.15, 0.2) is 27.1 Å². The smallest absolute Gasteiger partial charge is 0.323 e. The largest absolute Gasteiger partial charge is 0.463 e. The Kier molecular flexibility index (Phi) is 5.71. The van der Waals surface area contributed by atoms with E-state index in [2.05, 4.69) is 57.6 Å². The van der Waals surface area contributed by atoms with Crippen LogP contribution in [0.25, 0.3) is 0 Å². The van der Waals surface area contributed by atoms with Crippen molar-refractivity contribution in [1.82, 2.24) is 15.0 Å². The van der Waals surface area contributed by atoms with Crippen LogP contribution in [0.1, 0.15) is 13.3 Å². The molecule has 4 N–H and O–H groups in total. The van der Waals surface area contributed by atoms with E-state index in [1.165, 1.54) is 0 Å². The Balaban J connectivity index is 2.25. The first-order valence-corrected chi connectivity index (χ1v) is 7.78. The Morgan fingerprint density at radius 3 is 2.62 bits per heavy atom. The molecule has 0 saturated heterocycles. The summed E-state index contributed by atoms with van der Waals surface area (Å²) in [6, 6.07) is 5.93. The molecule has 0 atom stereocenters. The Morgan fingerprint density at radius 1 is 1.19 bits per heavy atom. The molecule has 0 fully saturated rings. The van der Waals surface area contributed by atoms with Crippen LogP contribution in [0.2, 0.25) is 0 Å². The van der Waals surface area contributed by atoms with Crippen molar-refractivity contribution in [2.45, 2.75) is 13.3 Å². The second-order valence-corrected chi connectivity index (χ2v) is 5.78. The Labute approximate surface area is 139 Å². The highest BCUT2D eigenvalue weighted by Crippen LogP contribution is 2.28. The van der Waals surface area contributed by atoms with Gasteiger partial charge >= 0.3 is 6.01 Å². The van der Waals surface area contributed by atoms with Gasteiger partial charge in [-0.05, 0) is 40.5 Å². The molecule has 1 aromatic heterocycles. The number of hydrazine groups is 1. The summed E-state index contributed by atoms with van der Waals surface area (Å²) in [5, 5.41) is 3.09. The lowest BCUT2D eigenvalue weighted by atomic mass is 10.3. The van der Waals surface area contributed by atoms with Gasteiger partial charge in [0.25, 0.3) is 0 Å². The van der Waals surface area contributed by atoms with Crippen LogP contribution in [-0.4, -0.2) is 21.6 Å². The number of nitrogen functional groups attached to an aromatic ring is 1. The van der Waals surface area contributed by atoms with E-state index in [1.54, 1.807) is 0 Å². The van der Waals surface area contributed by atoms with E-state index >= 15 is 0 Å². The fraction of sp³-hybridized carbons (Fsp3) is 0.250. The highest BCUT2D eigenvalue weighted by atomic mass is 79.9. The molecule has 9 heteroatoms. The van der Waals surface area contributed by atoms with Crippen LogP contribution in [0.5, 0.6) is 6.01 Å². The summed E-state index contributed by atoms with van der Waals surface area (Å²) < 4.78 is 7.24. The summed E-state index contributed by atoms with van der Waals surface area (Å²) in [5.41, 5.74) is 3.21. The van der Waals surface area contributed by atoms with E-state index in [4.69, 9.17) is 10.6 Å². The van der Waals surface area contributed by atoms with E-state index in [9.17, 15) is 0 Å². The van der Waals surface area contributed by atoms with Gasteiger partial charge in [0.2, 0.25) is 11.9 Å². The quantitative estimate of drug-likeness (QED) is 0.490. The molecule has 0 amide bonds. The summed E-state index contributed by atoms with van der Waals surface area (Å²) >= 11 is 6.86. The first-order valence-electron chi connectivity index (χ1n) is 6.20. The maximum absolute atomic E-state index is 5.41. The molecule has 0 aliphatic heterocycles. The minimum Gasteiger partial charge on any atom is -0.463 e. The number of halogens is 2. The van der Waals surface area contributed by atoms with Crippen LogP contribution >= 0.6 is 31.9 Å². The summed E-state index contributed by atoms with van der Waals surface area (Å²) in [4.78, 5) is 12.4. The number of anilines is 3. The summed E-state index contributed by atoms with van der Waals surface area (Å²) in [6.07, 6.45) is 0.859.